The number of ether oxygens (including phenoxy) is 2. The lowest BCUT2D eigenvalue weighted by atomic mass is 9.72. The molecule has 1 aromatic rings. The number of hydrogen-bond acceptors (Lipinski definition) is 5. The minimum absolute atomic E-state index is 0.202. The maximum atomic E-state index is 12.2. The Hall–Kier alpha value is -2.24. The minimum atomic E-state index is -0.446. The van der Waals surface area contributed by atoms with Gasteiger partial charge in [-0.15, -0.1) is 0 Å². The Morgan fingerprint density at radius 3 is 2.54 bits per heavy atom. The fourth-order valence-corrected chi connectivity index (χ4v) is 4.07. The van der Waals surface area contributed by atoms with Gasteiger partial charge in [-0.05, 0) is 51.8 Å². The standard InChI is InChI=1S/C20H26N2O4/c1-19(2,3)26-18(24)21-8-6-20(7-9-21)12-22(13-20)15-4-5-16-14(10-15)11-25-17(16)23/h4-5,10H,6-9,11-13H2,1-3H3. The molecule has 140 valence electrons. The first kappa shape index (κ1) is 17.2. The summed E-state index contributed by atoms with van der Waals surface area (Å²) < 4.78 is 10.6. The number of esters is 1. The van der Waals surface area contributed by atoms with Crippen molar-refractivity contribution in [1.82, 2.24) is 4.90 Å². The van der Waals surface area contributed by atoms with E-state index in [2.05, 4.69) is 11.0 Å². The third-order valence-corrected chi connectivity index (χ3v) is 5.56. The highest BCUT2D eigenvalue weighted by Gasteiger charge is 2.46. The summed E-state index contributed by atoms with van der Waals surface area (Å²) in [7, 11) is 0. The Morgan fingerprint density at radius 1 is 1.19 bits per heavy atom. The number of likely N-dealkylation sites (tertiary alicyclic amines) is 1. The zero-order valence-corrected chi connectivity index (χ0v) is 15.7. The van der Waals surface area contributed by atoms with Crippen LogP contribution < -0.4 is 4.90 Å². The normalized spacial score (nSPS) is 21.3. The number of benzene rings is 1. The first-order chi connectivity index (χ1) is 12.2. The van der Waals surface area contributed by atoms with Crippen LogP contribution in [0.3, 0.4) is 0 Å². The number of rotatable bonds is 1. The van der Waals surface area contributed by atoms with Crippen molar-refractivity contribution in [2.45, 2.75) is 45.8 Å². The summed E-state index contributed by atoms with van der Waals surface area (Å²) in [5, 5.41) is 0. The van der Waals surface area contributed by atoms with Crippen LogP contribution in [0.4, 0.5) is 10.5 Å². The molecule has 0 aromatic heterocycles. The molecule has 2 fully saturated rings. The summed E-state index contributed by atoms with van der Waals surface area (Å²) in [6.07, 6.45) is 1.82. The third kappa shape index (κ3) is 3.13. The maximum absolute atomic E-state index is 12.2. The van der Waals surface area contributed by atoms with Crippen molar-refractivity contribution in [3.05, 3.63) is 29.3 Å². The van der Waals surface area contributed by atoms with Gasteiger partial charge in [-0.3, -0.25) is 0 Å². The number of cyclic esters (lactones) is 1. The average molecular weight is 358 g/mol. The van der Waals surface area contributed by atoms with E-state index in [1.165, 1.54) is 0 Å². The molecule has 0 bridgehead atoms. The van der Waals surface area contributed by atoms with Gasteiger partial charge in [0, 0.05) is 42.8 Å². The van der Waals surface area contributed by atoms with E-state index in [0.717, 1.165) is 50.3 Å². The second kappa shape index (κ2) is 5.89. The Balaban J connectivity index is 1.33. The molecule has 2 saturated heterocycles. The Labute approximate surface area is 154 Å². The van der Waals surface area contributed by atoms with Crippen LogP contribution in [0.25, 0.3) is 0 Å². The predicted molar refractivity (Wildman–Crippen MR) is 97.2 cm³/mol. The van der Waals surface area contributed by atoms with Crippen LogP contribution in [0.2, 0.25) is 0 Å². The molecule has 0 saturated carbocycles. The van der Waals surface area contributed by atoms with Crippen LogP contribution in [0, 0.1) is 5.41 Å². The lowest BCUT2D eigenvalue weighted by Crippen LogP contribution is -2.61. The van der Waals surface area contributed by atoms with Gasteiger partial charge in [-0.2, -0.15) is 0 Å². The highest BCUT2D eigenvalue weighted by Crippen LogP contribution is 2.43. The van der Waals surface area contributed by atoms with E-state index in [-0.39, 0.29) is 12.1 Å². The van der Waals surface area contributed by atoms with Crippen LogP contribution in [-0.2, 0) is 16.1 Å². The van der Waals surface area contributed by atoms with E-state index in [1.54, 1.807) is 0 Å². The van der Waals surface area contributed by atoms with Gasteiger partial charge in [0.25, 0.3) is 0 Å². The van der Waals surface area contributed by atoms with Crippen LogP contribution >= 0.6 is 0 Å². The SMILES string of the molecule is CC(C)(C)OC(=O)N1CCC2(CC1)CN(c1ccc3c(c1)COC3=O)C2. The van der Waals surface area contributed by atoms with Crippen molar-refractivity contribution in [2.24, 2.45) is 5.41 Å². The number of anilines is 1. The molecule has 1 spiro atoms. The summed E-state index contributed by atoms with van der Waals surface area (Å²) in [6, 6.07) is 5.95. The highest BCUT2D eigenvalue weighted by atomic mass is 16.6. The molecule has 0 N–H and O–H groups in total. The van der Waals surface area contributed by atoms with Gasteiger partial charge in [0.2, 0.25) is 0 Å². The molecule has 6 heteroatoms. The van der Waals surface area contributed by atoms with E-state index < -0.39 is 5.60 Å². The van der Waals surface area contributed by atoms with Crippen molar-refractivity contribution in [3.63, 3.8) is 0 Å². The summed E-state index contributed by atoms with van der Waals surface area (Å²) in [5.74, 6) is -0.221. The van der Waals surface area contributed by atoms with E-state index >= 15 is 0 Å². The molecule has 3 heterocycles. The number of hydrogen-bond donors (Lipinski definition) is 0. The van der Waals surface area contributed by atoms with Crippen molar-refractivity contribution in [3.8, 4) is 0 Å². The van der Waals surface area contributed by atoms with Gasteiger partial charge in [-0.25, -0.2) is 9.59 Å². The number of carbonyl (C=O) groups is 2. The fraction of sp³-hybridized carbons (Fsp3) is 0.600. The van der Waals surface area contributed by atoms with Crippen LogP contribution in [0.5, 0.6) is 0 Å². The number of amides is 1. The monoisotopic (exact) mass is 358 g/mol. The fourth-order valence-electron chi connectivity index (χ4n) is 4.07. The molecule has 0 radical (unpaired) electrons. The van der Waals surface area contributed by atoms with E-state index in [0.29, 0.717) is 17.6 Å². The van der Waals surface area contributed by atoms with Crippen molar-refractivity contribution < 1.29 is 19.1 Å². The Kier molecular flexibility index (Phi) is 3.90. The van der Waals surface area contributed by atoms with Gasteiger partial charge >= 0.3 is 12.1 Å². The van der Waals surface area contributed by atoms with Gasteiger partial charge in [0.1, 0.15) is 12.2 Å². The Bertz CT molecular complexity index is 737. The molecule has 3 aliphatic heterocycles. The van der Waals surface area contributed by atoms with Crippen molar-refractivity contribution in [2.75, 3.05) is 31.1 Å². The van der Waals surface area contributed by atoms with Gasteiger partial charge in [0.05, 0.1) is 5.56 Å². The lowest BCUT2D eigenvalue weighted by molar-refractivity contribution is 0.00597. The molecule has 1 amide bonds. The largest absolute Gasteiger partial charge is 0.457 e. The predicted octanol–water partition coefficient (Wildman–Crippen LogP) is 3.19. The number of piperidine rings is 1. The summed E-state index contributed by atoms with van der Waals surface area (Å²) >= 11 is 0. The van der Waals surface area contributed by atoms with Crippen LogP contribution in [0.15, 0.2) is 18.2 Å². The molecule has 0 unspecified atom stereocenters. The highest BCUT2D eigenvalue weighted by molar-refractivity contribution is 5.93. The molecule has 0 atom stereocenters. The average Bonchev–Trinajstić information content (AvgIpc) is 2.92. The Morgan fingerprint density at radius 2 is 1.88 bits per heavy atom. The molecular formula is C20H26N2O4. The first-order valence-electron chi connectivity index (χ1n) is 9.28. The second-order valence-electron chi connectivity index (χ2n) is 8.74. The molecular weight excluding hydrogens is 332 g/mol. The molecule has 3 aliphatic rings. The van der Waals surface area contributed by atoms with Gasteiger partial charge < -0.3 is 19.3 Å². The van der Waals surface area contributed by atoms with Crippen molar-refractivity contribution in [1.29, 1.82) is 0 Å². The van der Waals surface area contributed by atoms with Crippen LogP contribution in [-0.4, -0.2) is 48.7 Å². The summed E-state index contributed by atoms with van der Waals surface area (Å²) in [5.41, 5.74) is 2.67. The molecule has 4 rings (SSSR count). The zero-order valence-electron chi connectivity index (χ0n) is 15.7. The van der Waals surface area contributed by atoms with Gasteiger partial charge in [-0.1, -0.05) is 0 Å². The first-order valence-corrected chi connectivity index (χ1v) is 9.28. The van der Waals surface area contributed by atoms with E-state index in [4.69, 9.17) is 9.47 Å². The second-order valence-corrected chi connectivity index (χ2v) is 8.74. The van der Waals surface area contributed by atoms with Gasteiger partial charge in [0.15, 0.2) is 0 Å². The van der Waals surface area contributed by atoms with Crippen LogP contribution in [0.1, 0.15) is 49.5 Å². The summed E-state index contributed by atoms with van der Waals surface area (Å²) in [6.45, 7) is 9.60. The molecule has 0 aliphatic carbocycles. The summed E-state index contributed by atoms with van der Waals surface area (Å²) in [4.78, 5) is 28.0. The lowest BCUT2D eigenvalue weighted by Gasteiger charge is -2.55. The quantitative estimate of drug-likeness (QED) is 0.722. The zero-order chi connectivity index (χ0) is 18.5. The third-order valence-electron chi connectivity index (χ3n) is 5.56. The smallest absolute Gasteiger partial charge is 0.410 e. The molecule has 6 nitrogen and oxygen atoms in total. The number of carbonyl (C=O) groups excluding carboxylic acids is 2. The minimum Gasteiger partial charge on any atom is -0.457 e. The van der Waals surface area contributed by atoms with E-state index in [9.17, 15) is 9.59 Å². The van der Waals surface area contributed by atoms with Crippen molar-refractivity contribution >= 4 is 17.7 Å². The topological polar surface area (TPSA) is 59.1 Å². The maximum Gasteiger partial charge on any atom is 0.410 e. The molecule has 1 aromatic carbocycles. The molecule has 26 heavy (non-hydrogen) atoms. The number of fused-ring (bicyclic) bond motifs is 1. The van der Waals surface area contributed by atoms with E-state index in [1.807, 2.05) is 37.8 Å². The number of nitrogens with zero attached hydrogens (tertiary/aromatic N) is 2.